The molecule has 0 aliphatic heterocycles. The van der Waals surface area contributed by atoms with E-state index < -0.39 is 36.5 Å². The van der Waals surface area contributed by atoms with Crippen molar-refractivity contribution in [1.82, 2.24) is 20.6 Å². The highest BCUT2D eigenvalue weighted by Gasteiger charge is 2.20. The Balaban J connectivity index is 1.35. The second-order valence-electron chi connectivity index (χ2n) is 13.0. The van der Waals surface area contributed by atoms with Crippen LogP contribution in [0.5, 0.6) is 5.75 Å². The van der Waals surface area contributed by atoms with Gasteiger partial charge in [-0.1, -0.05) is 42.5 Å². The average Bonchev–Trinajstić information content (AvgIpc) is 3.20. The molecule has 0 aliphatic carbocycles. The zero-order valence-electron chi connectivity index (χ0n) is 32.2. The lowest BCUT2D eigenvalue weighted by molar-refractivity contribution is -0.147. The van der Waals surface area contributed by atoms with Gasteiger partial charge in [0.25, 0.3) is 0 Å². The Morgan fingerprint density at radius 3 is 2.16 bits per heavy atom. The maximum absolute atomic E-state index is 15.9. The Labute approximate surface area is 325 Å². The largest absolute Gasteiger partial charge is 0.496 e. The van der Waals surface area contributed by atoms with Gasteiger partial charge in [-0.25, -0.2) is 9.37 Å². The van der Waals surface area contributed by atoms with Gasteiger partial charge in [0.05, 0.1) is 33.5 Å². The SMILES string of the molecule is CCOC(=O)[C@@H](CO)NCc1cnc2c(Nc3cccc(-c4cccc(/C=C(\F)c5ccc(CN[C@H](CO)C(=O)OCC)c(OC)c5)c4C)c3C)nccc2c1. The number of carbonyl (C=O) groups excluding carboxylic acids is 2. The van der Waals surface area contributed by atoms with Crippen molar-refractivity contribution in [3.8, 4) is 16.9 Å². The number of benzene rings is 3. The van der Waals surface area contributed by atoms with Crippen LogP contribution in [-0.4, -0.2) is 77.7 Å². The number of halogens is 1. The van der Waals surface area contributed by atoms with Gasteiger partial charge in [-0.3, -0.25) is 25.2 Å². The summed E-state index contributed by atoms with van der Waals surface area (Å²) in [5.74, 6) is -0.510. The van der Waals surface area contributed by atoms with E-state index in [1.807, 2.05) is 62.4 Å². The maximum Gasteiger partial charge on any atom is 0.325 e. The number of aromatic nitrogens is 2. The highest BCUT2D eigenvalue weighted by Crippen LogP contribution is 2.35. The topological polar surface area (TPSA) is 164 Å². The van der Waals surface area contributed by atoms with E-state index in [0.717, 1.165) is 38.9 Å². The van der Waals surface area contributed by atoms with Crippen LogP contribution in [0.3, 0.4) is 0 Å². The highest BCUT2D eigenvalue weighted by atomic mass is 19.1. The quantitative estimate of drug-likeness (QED) is 0.0511. The van der Waals surface area contributed by atoms with Crippen LogP contribution < -0.4 is 20.7 Å². The summed E-state index contributed by atoms with van der Waals surface area (Å²) in [6, 6.07) is 18.8. The van der Waals surface area contributed by atoms with E-state index in [2.05, 4.69) is 25.9 Å². The maximum atomic E-state index is 15.9. The summed E-state index contributed by atoms with van der Waals surface area (Å²) in [7, 11) is 1.49. The zero-order chi connectivity index (χ0) is 40.2. The summed E-state index contributed by atoms with van der Waals surface area (Å²) >= 11 is 0. The van der Waals surface area contributed by atoms with Gasteiger partial charge in [0.2, 0.25) is 0 Å². The van der Waals surface area contributed by atoms with Gasteiger partial charge in [-0.15, -0.1) is 0 Å². The fourth-order valence-electron chi connectivity index (χ4n) is 6.25. The van der Waals surface area contributed by atoms with Crippen LogP contribution in [0.4, 0.5) is 15.9 Å². The molecular weight excluding hydrogens is 717 g/mol. The molecule has 0 aliphatic rings. The summed E-state index contributed by atoms with van der Waals surface area (Å²) in [6.07, 6.45) is 4.91. The lowest BCUT2D eigenvalue weighted by Crippen LogP contribution is -2.40. The van der Waals surface area contributed by atoms with Crippen LogP contribution in [0.1, 0.15) is 47.2 Å². The van der Waals surface area contributed by atoms with E-state index in [9.17, 15) is 19.8 Å². The number of aliphatic hydroxyl groups is 2. The summed E-state index contributed by atoms with van der Waals surface area (Å²) in [5.41, 5.74) is 7.80. The zero-order valence-corrected chi connectivity index (χ0v) is 32.2. The molecule has 2 aromatic heterocycles. The predicted molar refractivity (Wildman–Crippen MR) is 215 cm³/mol. The first-order valence-electron chi connectivity index (χ1n) is 18.4. The van der Waals surface area contributed by atoms with Crippen LogP contribution >= 0.6 is 0 Å². The van der Waals surface area contributed by atoms with Gasteiger partial charge >= 0.3 is 11.9 Å². The molecule has 56 heavy (non-hydrogen) atoms. The second-order valence-corrected chi connectivity index (χ2v) is 13.0. The number of hydrogen-bond acceptors (Lipinski definition) is 12. The molecule has 0 bridgehead atoms. The molecule has 0 saturated heterocycles. The third-order valence-corrected chi connectivity index (χ3v) is 9.35. The molecule has 5 N–H and O–H groups in total. The molecule has 13 heteroatoms. The Morgan fingerprint density at radius 2 is 1.50 bits per heavy atom. The molecule has 2 heterocycles. The van der Waals surface area contributed by atoms with Crippen molar-refractivity contribution in [1.29, 1.82) is 0 Å². The molecule has 0 saturated carbocycles. The Morgan fingerprint density at radius 1 is 0.839 bits per heavy atom. The van der Waals surface area contributed by atoms with Gasteiger partial charge in [0.15, 0.2) is 5.82 Å². The molecule has 12 nitrogen and oxygen atoms in total. The molecule has 294 valence electrons. The highest BCUT2D eigenvalue weighted by molar-refractivity contribution is 5.91. The molecule has 0 unspecified atom stereocenters. The minimum Gasteiger partial charge on any atom is -0.496 e. The van der Waals surface area contributed by atoms with Gasteiger partial charge < -0.3 is 29.7 Å². The Kier molecular flexibility index (Phi) is 14.6. The fraction of sp³-hybridized carbons (Fsp3) is 0.302. The van der Waals surface area contributed by atoms with E-state index in [4.69, 9.17) is 14.2 Å². The van der Waals surface area contributed by atoms with E-state index >= 15 is 4.39 Å². The third kappa shape index (κ3) is 9.92. The predicted octanol–water partition coefficient (Wildman–Crippen LogP) is 6.16. The van der Waals surface area contributed by atoms with E-state index in [1.165, 1.54) is 13.2 Å². The van der Waals surface area contributed by atoms with Crippen LogP contribution in [0.15, 0.2) is 79.1 Å². The van der Waals surface area contributed by atoms with Gasteiger partial charge in [0, 0.05) is 47.7 Å². The number of esters is 2. The van der Waals surface area contributed by atoms with Crippen molar-refractivity contribution in [2.24, 2.45) is 0 Å². The molecule has 2 atom stereocenters. The first kappa shape index (κ1) is 41.4. The minimum absolute atomic E-state index is 0.200. The van der Waals surface area contributed by atoms with Crippen molar-refractivity contribution in [2.45, 2.75) is 52.9 Å². The standard InChI is InChI=1S/C43H48FN5O7/c1-6-55-42(52)37(24-50)46-21-28-18-31-16-17-45-41(40(31)48-22-28)49-36-13-9-12-34(27(36)4)33-11-8-10-29(26(33)3)19-35(44)30-14-15-32(39(20-30)54-5)23-47-38(25-51)43(53)56-7-2/h8-20,22,37-38,46-47,50-51H,6-7,21,23-25H2,1-5H3,(H,45,49)/b35-19-/t37-,38-/m1/s1. The number of carbonyl (C=O) groups is 2. The number of nitrogens with zero attached hydrogens (tertiary/aromatic N) is 2. The van der Waals surface area contributed by atoms with Crippen LogP contribution in [0, 0.1) is 13.8 Å². The second kappa shape index (κ2) is 19.7. The van der Waals surface area contributed by atoms with Crippen LogP contribution in [0.25, 0.3) is 33.9 Å². The first-order valence-corrected chi connectivity index (χ1v) is 18.4. The summed E-state index contributed by atoms with van der Waals surface area (Å²) in [6.45, 7) is 7.51. The summed E-state index contributed by atoms with van der Waals surface area (Å²) < 4.78 is 31.4. The molecule has 5 rings (SSSR count). The van der Waals surface area contributed by atoms with E-state index in [0.29, 0.717) is 40.3 Å². The molecule has 0 radical (unpaired) electrons. The molecule has 3 aromatic carbocycles. The van der Waals surface area contributed by atoms with Crippen molar-refractivity contribution >= 4 is 46.2 Å². The Bertz CT molecular complexity index is 2190. The molecule has 0 spiro atoms. The first-order chi connectivity index (χ1) is 27.1. The number of hydrogen-bond donors (Lipinski definition) is 5. The number of aliphatic hydroxyl groups excluding tert-OH is 2. The minimum atomic E-state index is -0.894. The van der Waals surface area contributed by atoms with Crippen molar-refractivity contribution in [3.05, 3.63) is 113 Å². The number of pyridine rings is 2. The van der Waals surface area contributed by atoms with Crippen molar-refractivity contribution < 1.29 is 38.4 Å². The van der Waals surface area contributed by atoms with Gasteiger partial charge in [-0.05, 0) is 91.4 Å². The molecule has 0 amide bonds. The molecule has 0 fully saturated rings. The fourth-order valence-corrected chi connectivity index (χ4v) is 6.25. The number of anilines is 2. The number of methoxy groups -OCH3 is 1. The third-order valence-electron chi connectivity index (χ3n) is 9.35. The summed E-state index contributed by atoms with van der Waals surface area (Å²) in [4.78, 5) is 33.4. The van der Waals surface area contributed by atoms with Crippen LogP contribution in [-0.2, 0) is 32.2 Å². The monoisotopic (exact) mass is 765 g/mol. The summed E-state index contributed by atoms with van der Waals surface area (Å²) in [5, 5.41) is 29.5. The Hall–Kier alpha value is -5.73. The van der Waals surface area contributed by atoms with E-state index in [1.54, 1.807) is 44.4 Å². The van der Waals surface area contributed by atoms with Crippen LogP contribution in [0.2, 0.25) is 0 Å². The number of rotatable bonds is 18. The molecular formula is C43H48FN5O7. The van der Waals surface area contributed by atoms with Gasteiger partial charge in [0.1, 0.15) is 29.2 Å². The number of fused-ring (bicyclic) bond motifs is 1. The number of nitrogens with one attached hydrogen (secondary N) is 3. The lowest BCUT2D eigenvalue weighted by Gasteiger charge is -2.17. The normalized spacial score (nSPS) is 12.6. The van der Waals surface area contributed by atoms with Gasteiger partial charge in [-0.2, -0.15) is 0 Å². The average molecular weight is 766 g/mol. The smallest absolute Gasteiger partial charge is 0.325 e. The van der Waals surface area contributed by atoms with Crippen molar-refractivity contribution in [3.63, 3.8) is 0 Å². The van der Waals surface area contributed by atoms with Crippen molar-refractivity contribution in [2.75, 3.05) is 38.9 Å². The lowest BCUT2D eigenvalue weighted by atomic mass is 9.92. The molecule has 5 aromatic rings. The number of ether oxygens (including phenoxy) is 3. The van der Waals surface area contributed by atoms with E-state index in [-0.39, 0.29) is 26.4 Å².